The maximum Gasteiger partial charge on any atom is 0.356 e. The molecule has 5 nitrogen and oxygen atoms in total. The van der Waals surface area contributed by atoms with Crippen molar-refractivity contribution in [1.29, 1.82) is 0 Å². The standard InChI is InChI=1S/C10H15N3O2/c1-4-7(2)13(3)9-6-11-5-8(12-9)10(14)15/h5-7H,4H2,1-3H3,(H,14,15). The first-order chi connectivity index (χ1) is 7.06. The maximum absolute atomic E-state index is 10.7. The fraction of sp³-hybridized carbons (Fsp3) is 0.500. The number of carboxylic acid groups (broad SMARTS) is 1. The number of carboxylic acids is 1. The molecule has 0 saturated heterocycles. The number of hydrogen-bond acceptors (Lipinski definition) is 4. The van der Waals surface area contributed by atoms with E-state index in [2.05, 4.69) is 23.8 Å². The normalized spacial score (nSPS) is 12.2. The van der Waals surface area contributed by atoms with Gasteiger partial charge < -0.3 is 10.0 Å². The van der Waals surface area contributed by atoms with Crippen molar-refractivity contribution < 1.29 is 9.90 Å². The first kappa shape index (κ1) is 11.4. The summed E-state index contributed by atoms with van der Waals surface area (Å²) in [5.74, 6) is -0.467. The van der Waals surface area contributed by atoms with Crippen LogP contribution < -0.4 is 4.90 Å². The van der Waals surface area contributed by atoms with Crippen molar-refractivity contribution in [3.8, 4) is 0 Å². The molecule has 5 heteroatoms. The molecule has 0 aliphatic carbocycles. The monoisotopic (exact) mass is 209 g/mol. The molecule has 82 valence electrons. The zero-order chi connectivity index (χ0) is 11.4. The van der Waals surface area contributed by atoms with Gasteiger partial charge in [-0.25, -0.2) is 9.78 Å². The lowest BCUT2D eigenvalue weighted by atomic mass is 10.2. The summed E-state index contributed by atoms with van der Waals surface area (Å²) in [4.78, 5) is 20.5. The van der Waals surface area contributed by atoms with Crippen LogP contribution in [0, 0.1) is 0 Å². The van der Waals surface area contributed by atoms with Crippen LogP contribution in [-0.2, 0) is 0 Å². The van der Waals surface area contributed by atoms with Crippen LogP contribution >= 0.6 is 0 Å². The predicted octanol–water partition coefficient (Wildman–Crippen LogP) is 1.41. The third kappa shape index (κ3) is 2.65. The summed E-state index contributed by atoms with van der Waals surface area (Å²) in [6.07, 6.45) is 3.78. The molecule has 15 heavy (non-hydrogen) atoms. The van der Waals surface area contributed by atoms with Gasteiger partial charge in [-0.2, -0.15) is 0 Å². The van der Waals surface area contributed by atoms with Crippen molar-refractivity contribution in [1.82, 2.24) is 9.97 Å². The lowest BCUT2D eigenvalue weighted by Crippen LogP contribution is -2.29. The number of rotatable bonds is 4. The topological polar surface area (TPSA) is 66.3 Å². The van der Waals surface area contributed by atoms with E-state index in [1.165, 1.54) is 6.20 Å². The second kappa shape index (κ2) is 4.72. The van der Waals surface area contributed by atoms with Gasteiger partial charge in [-0.15, -0.1) is 0 Å². The summed E-state index contributed by atoms with van der Waals surface area (Å²) in [5.41, 5.74) is -0.0253. The second-order valence-electron chi connectivity index (χ2n) is 3.44. The number of carbonyl (C=O) groups is 1. The van der Waals surface area contributed by atoms with E-state index in [1.807, 2.05) is 11.9 Å². The van der Waals surface area contributed by atoms with Crippen LogP contribution in [0.5, 0.6) is 0 Å². The highest BCUT2D eigenvalue weighted by molar-refractivity contribution is 5.85. The van der Waals surface area contributed by atoms with E-state index in [4.69, 9.17) is 5.11 Å². The molecule has 0 aliphatic rings. The Morgan fingerprint density at radius 1 is 1.60 bits per heavy atom. The Bertz CT molecular complexity index is 354. The smallest absolute Gasteiger partial charge is 0.356 e. The summed E-state index contributed by atoms with van der Waals surface area (Å²) >= 11 is 0. The first-order valence-electron chi connectivity index (χ1n) is 4.84. The van der Waals surface area contributed by atoms with Crippen molar-refractivity contribution in [2.24, 2.45) is 0 Å². The molecule has 1 aromatic rings. The van der Waals surface area contributed by atoms with E-state index >= 15 is 0 Å². The minimum absolute atomic E-state index is 0.0253. The van der Waals surface area contributed by atoms with E-state index in [9.17, 15) is 4.79 Å². The molecular formula is C10H15N3O2. The Balaban J connectivity index is 2.94. The number of hydrogen-bond donors (Lipinski definition) is 1. The number of nitrogens with zero attached hydrogens (tertiary/aromatic N) is 3. The number of aromatic nitrogens is 2. The third-order valence-electron chi connectivity index (χ3n) is 2.45. The molecule has 1 atom stereocenters. The van der Waals surface area contributed by atoms with Gasteiger partial charge >= 0.3 is 5.97 Å². The Kier molecular flexibility index (Phi) is 3.60. The summed E-state index contributed by atoms with van der Waals surface area (Å²) < 4.78 is 0. The third-order valence-corrected chi connectivity index (χ3v) is 2.45. The van der Waals surface area contributed by atoms with Gasteiger partial charge in [-0.05, 0) is 13.3 Å². The summed E-state index contributed by atoms with van der Waals surface area (Å²) in [5, 5.41) is 8.77. The zero-order valence-corrected chi connectivity index (χ0v) is 9.14. The van der Waals surface area contributed by atoms with Crippen molar-refractivity contribution in [2.75, 3.05) is 11.9 Å². The van der Waals surface area contributed by atoms with Crippen LogP contribution in [0.3, 0.4) is 0 Å². The zero-order valence-electron chi connectivity index (χ0n) is 9.14. The van der Waals surface area contributed by atoms with Gasteiger partial charge in [0.05, 0.1) is 12.4 Å². The Hall–Kier alpha value is -1.65. The first-order valence-corrected chi connectivity index (χ1v) is 4.84. The van der Waals surface area contributed by atoms with Gasteiger partial charge in [-0.3, -0.25) is 4.98 Å². The molecule has 0 radical (unpaired) electrons. The van der Waals surface area contributed by atoms with Crippen molar-refractivity contribution in [3.05, 3.63) is 18.1 Å². The molecular weight excluding hydrogens is 194 g/mol. The van der Waals surface area contributed by atoms with Crippen LogP contribution in [-0.4, -0.2) is 34.1 Å². The molecule has 0 aliphatic heterocycles. The molecule has 0 bridgehead atoms. The van der Waals surface area contributed by atoms with Gasteiger partial charge in [0, 0.05) is 13.1 Å². The van der Waals surface area contributed by atoms with E-state index in [0.29, 0.717) is 11.9 Å². The SMILES string of the molecule is CCC(C)N(C)c1cncc(C(=O)O)n1. The predicted molar refractivity (Wildman–Crippen MR) is 57.1 cm³/mol. The van der Waals surface area contributed by atoms with Crippen LogP contribution in [0.2, 0.25) is 0 Å². The fourth-order valence-electron chi connectivity index (χ4n) is 1.13. The Labute approximate surface area is 88.8 Å². The van der Waals surface area contributed by atoms with E-state index in [1.54, 1.807) is 6.20 Å². The molecule has 1 unspecified atom stereocenters. The second-order valence-corrected chi connectivity index (χ2v) is 3.44. The van der Waals surface area contributed by atoms with Crippen LogP contribution in [0.1, 0.15) is 30.8 Å². The van der Waals surface area contributed by atoms with Crippen LogP contribution in [0.4, 0.5) is 5.82 Å². The lowest BCUT2D eigenvalue weighted by molar-refractivity contribution is 0.0690. The van der Waals surface area contributed by atoms with Gasteiger partial charge in [0.2, 0.25) is 0 Å². The molecule has 0 saturated carbocycles. The largest absolute Gasteiger partial charge is 0.476 e. The van der Waals surface area contributed by atoms with Gasteiger partial charge in [0.25, 0.3) is 0 Å². The maximum atomic E-state index is 10.7. The van der Waals surface area contributed by atoms with Gasteiger partial charge in [0.1, 0.15) is 5.82 Å². The highest BCUT2D eigenvalue weighted by atomic mass is 16.4. The average Bonchev–Trinajstić information content (AvgIpc) is 2.27. The summed E-state index contributed by atoms with van der Waals surface area (Å²) in [6.45, 7) is 4.12. The Morgan fingerprint density at radius 2 is 2.27 bits per heavy atom. The minimum atomic E-state index is -1.05. The molecule has 0 amide bonds. The number of aromatic carboxylic acids is 1. The molecule has 1 heterocycles. The van der Waals surface area contributed by atoms with Crippen LogP contribution in [0.15, 0.2) is 12.4 Å². The molecule has 1 N–H and O–H groups in total. The van der Waals surface area contributed by atoms with E-state index in [-0.39, 0.29) is 5.69 Å². The van der Waals surface area contributed by atoms with Crippen molar-refractivity contribution in [3.63, 3.8) is 0 Å². The van der Waals surface area contributed by atoms with Gasteiger partial charge in [-0.1, -0.05) is 6.92 Å². The Morgan fingerprint density at radius 3 is 2.80 bits per heavy atom. The fourth-order valence-corrected chi connectivity index (χ4v) is 1.13. The lowest BCUT2D eigenvalue weighted by Gasteiger charge is -2.24. The van der Waals surface area contributed by atoms with Crippen molar-refractivity contribution in [2.45, 2.75) is 26.3 Å². The molecule has 0 spiro atoms. The van der Waals surface area contributed by atoms with E-state index in [0.717, 1.165) is 6.42 Å². The minimum Gasteiger partial charge on any atom is -0.476 e. The number of anilines is 1. The molecule has 1 rings (SSSR count). The molecule has 0 aromatic carbocycles. The quantitative estimate of drug-likeness (QED) is 0.812. The molecule has 0 fully saturated rings. The highest BCUT2D eigenvalue weighted by Crippen LogP contribution is 2.12. The average molecular weight is 209 g/mol. The van der Waals surface area contributed by atoms with Gasteiger partial charge in [0.15, 0.2) is 5.69 Å². The molecule has 1 aromatic heterocycles. The summed E-state index contributed by atoms with van der Waals surface area (Å²) in [7, 11) is 1.88. The van der Waals surface area contributed by atoms with Crippen LogP contribution in [0.25, 0.3) is 0 Å². The highest BCUT2D eigenvalue weighted by Gasteiger charge is 2.12. The van der Waals surface area contributed by atoms with Crippen molar-refractivity contribution >= 4 is 11.8 Å². The summed E-state index contributed by atoms with van der Waals surface area (Å²) in [6, 6.07) is 0.309. The van der Waals surface area contributed by atoms with E-state index < -0.39 is 5.97 Å².